The first-order chi connectivity index (χ1) is 22.7. The summed E-state index contributed by atoms with van der Waals surface area (Å²) in [7, 11) is 0. The maximum atomic E-state index is 4.88. The maximum absolute atomic E-state index is 4.88. The molecule has 0 aliphatic heterocycles. The first-order valence-electron chi connectivity index (χ1n) is 16.2. The average Bonchev–Trinajstić information content (AvgIpc) is 3.64. The summed E-state index contributed by atoms with van der Waals surface area (Å²) in [6.07, 6.45) is 5.15. The summed E-state index contributed by atoms with van der Waals surface area (Å²) in [5.74, 6) is 7.76. The molecule has 4 heterocycles. The molecule has 8 aromatic rings. The van der Waals surface area contributed by atoms with Crippen molar-refractivity contribution in [3.8, 4) is 22.5 Å². The molecule has 6 heteroatoms. The molecule has 0 N–H and O–H groups in total. The van der Waals surface area contributed by atoms with Gasteiger partial charge in [-0.3, -0.25) is 0 Å². The molecule has 4 aromatic carbocycles. The second-order valence-electron chi connectivity index (χ2n) is 13.7. The molecule has 8 rings (SSSR count). The van der Waals surface area contributed by atoms with Crippen molar-refractivity contribution in [1.82, 2.24) is 9.97 Å². The van der Waals surface area contributed by atoms with Crippen LogP contribution in [-0.4, -0.2) is 23.2 Å². The molecule has 0 fully saturated rings. The Morgan fingerprint density at radius 1 is 0.750 bits per heavy atom. The number of aromatic nitrogens is 2. The zero-order chi connectivity index (χ0) is 32.7. The van der Waals surface area contributed by atoms with Gasteiger partial charge in [0.15, 0.2) is 0 Å². The molecule has 2 nitrogen and oxygen atoms in total. The van der Waals surface area contributed by atoms with Crippen molar-refractivity contribution in [2.45, 2.75) is 44.5 Å². The summed E-state index contributed by atoms with van der Waals surface area (Å²) in [5.41, 5.74) is 6.91. The summed E-state index contributed by atoms with van der Waals surface area (Å²) >= 11 is 1.99. The molecule has 0 aliphatic carbocycles. The van der Waals surface area contributed by atoms with Gasteiger partial charge in [0, 0.05) is 35.7 Å². The van der Waals surface area contributed by atoms with Crippen molar-refractivity contribution < 1.29 is 20.1 Å². The Morgan fingerprint density at radius 2 is 1.42 bits per heavy atom. The summed E-state index contributed by atoms with van der Waals surface area (Å²) in [4.78, 5) is 9.41. The van der Waals surface area contributed by atoms with Crippen LogP contribution in [0.3, 0.4) is 0 Å². The van der Waals surface area contributed by atoms with Gasteiger partial charge in [-0.05, 0) is 62.8 Å². The van der Waals surface area contributed by atoms with E-state index in [0.717, 1.165) is 28.9 Å². The van der Waals surface area contributed by atoms with Crippen LogP contribution in [0.4, 0.5) is 0 Å². The van der Waals surface area contributed by atoms with Gasteiger partial charge in [0.25, 0.3) is 0 Å². The Kier molecular flexibility index (Phi) is 10.4. The second kappa shape index (κ2) is 14.3. The Bertz CT molecular complexity index is 2350. The van der Waals surface area contributed by atoms with Crippen LogP contribution in [0.15, 0.2) is 103 Å². The molecule has 0 saturated heterocycles. The molecule has 0 unspecified atom stereocenters. The third kappa shape index (κ3) is 6.95. The van der Waals surface area contributed by atoms with E-state index in [0.29, 0.717) is 5.92 Å². The predicted molar refractivity (Wildman–Crippen MR) is 209 cm³/mol. The Balaban J connectivity index is 0.000000201. The van der Waals surface area contributed by atoms with E-state index in [1.807, 2.05) is 59.3 Å². The van der Waals surface area contributed by atoms with Crippen molar-refractivity contribution >= 4 is 80.7 Å². The molecular formula is C42H38GeIrN2S2-2. The van der Waals surface area contributed by atoms with E-state index < -0.39 is 13.3 Å². The third-order valence-electron chi connectivity index (χ3n) is 8.62. The number of thiophene rings is 2. The van der Waals surface area contributed by atoms with Gasteiger partial charge in [-0.15, -0.1) is 11.6 Å². The van der Waals surface area contributed by atoms with Crippen molar-refractivity contribution in [3.05, 3.63) is 127 Å². The molecule has 0 bridgehead atoms. The van der Waals surface area contributed by atoms with Gasteiger partial charge in [0.2, 0.25) is 0 Å². The standard InChI is InChI=1S/C28H22NS2.C14H16GeN.Ir/c1-16(2)12-18-13-22(29-15-17(18)3)21-14-25-26(19-8-4-6-10-23(19)30-25)27-20-9-5-7-11-24(20)31-28(21)27;1-15(2,3)13-9-10-14(16-11-13)12-7-5-4-6-8-12;/h4-11,13,15-16H,12H2,1-3H3;4-7,9-11H,1-3H3;/q2*-1;. The second-order valence-corrected chi connectivity index (χ2v) is 26.4. The van der Waals surface area contributed by atoms with Crippen LogP contribution in [0.1, 0.15) is 25.0 Å². The van der Waals surface area contributed by atoms with Crippen LogP contribution in [0.25, 0.3) is 62.9 Å². The number of rotatable bonds is 5. The van der Waals surface area contributed by atoms with Gasteiger partial charge in [-0.2, -0.15) is 22.7 Å². The topological polar surface area (TPSA) is 25.8 Å². The number of nitrogens with zero attached hydrogens (tertiary/aromatic N) is 2. The fourth-order valence-corrected chi connectivity index (χ4v) is 10.6. The minimum absolute atomic E-state index is 0. The quantitative estimate of drug-likeness (QED) is 0.127. The first kappa shape index (κ1) is 34.7. The summed E-state index contributed by atoms with van der Waals surface area (Å²) in [5, 5.41) is 5.36. The van der Waals surface area contributed by atoms with Gasteiger partial charge in [-0.25, -0.2) is 0 Å². The van der Waals surface area contributed by atoms with Crippen molar-refractivity contribution in [3.63, 3.8) is 0 Å². The van der Waals surface area contributed by atoms with Gasteiger partial charge in [0.1, 0.15) is 0 Å². The van der Waals surface area contributed by atoms with E-state index in [4.69, 9.17) is 4.98 Å². The molecule has 0 amide bonds. The first-order valence-corrected chi connectivity index (χ1v) is 25.2. The van der Waals surface area contributed by atoms with Crippen LogP contribution in [-0.2, 0) is 26.5 Å². The summed E-state index contributed by atoms with van der Waals surface area (Å²) in [6.45, 7) is 6.72. The van der Waals surface area contributed by atoms with Crippen LogP contribution in [0.2, 0.25) is 17.3 Å². The third-order valence-corrected chi connectivity index (χ3v) is 15.1. The van der Waals surface area contributed by atoms with Crippen LogP contribution >= 0.6 is 22.7 Å². The SMILES string of the molecule is Cc1cnc(-c2[c-]c3sc4ccccc4c3c3c2sc2ccccc23)cc1CC(C)C.[CH3][Ge]([CH3])([CH3])[c]1ccc(-c2[c-]cccc2)nc1.[Ir]. The molecule has 243 valence electrons. The summed E-state index contributed by atoms with van der Waals surface area (Å²) in [6, 6.07) is 39.1. The maximum Gasteiger partial charge on any atom is 0 e. The Hall–Kier alpha value is -3.19. The van der Waals surface area contributed by atoms with Crippen LogP contribution in [0, 0.1) is 25.0 Å². The van der Waals surface area contributed by atoms with E-state index >= 15 is 0 Å². The van der Waals surface area contributed by atoms with Crippen molar-refractivity contribution in [2.24, 2.45) is 5.92 Å². The number of fused-ring (bicyclic) bond motifs is 7. The molecule has 1 radical (unpaired) electrons. The van der Waals surface area contributed by atoms with Gasteiger partial charge in [0.05, 0.1) is 0 Å². The number of hydrogen-bond acceptors (Lipinski definition) is 4. The van der Waals surface area contributed by atoms with E-state index in [2.05, 4.69) is 122 Å². The Morgan fingerprint density at radius 3 is 2.06 bits per heavy atom. The normalized spacial score (nSPS) is 11.6. The minimum Gasteiger partial charge on any atom is 0 e. The smallest absolute Gasteiger partial charge is 0 e. The van der Waals surface area contributed by atoms with Gasteiger partial charge >= 0.3 is 99.8 Å². The Labute approximate surface area is 308 Å². The summed E-state index contributed by atoms with van der Waals surface area (Å²) < 4.78 is 6.60. The predicted octanol–water partition coefficient (Wildman–Crippen LogP) is 11.9. The zero-order valence-corrected chi connectivity index (χ0v) is 34.3. The van der Waals surface area contributed by atoms with Crippen molar-refractivity contribution in [1.29, 1.82) is 0 Å². The number of pyridine rings is 2. The number of aryl methyl sites for hydroxylation is 1. The molecule has 0 spiro atoms. The van der Waals surface area contributed by atoms with Gasteiger partial charge in [-0.1, -0.05) is 72.6 Å². The van der Waals surface area contributed by atoms with E-state index in [1.54, 1.807) is 0 Å². The monoisotopic (exact) mass is 901 g/mol. The van der Waals surface area contributed by atoms with Crippen LogP contribution < -0.4 is 4.40 Å². The molecule has 0 saturated carbocycles. The van der Waals surface area contributed by atoms with Crippen molar-refractivity contribution in [2.75, 3.05) is 0 Å². The fraction of sp³-hybridized carbons (Fsp3) is 0.190. The van der Waals surface area contributed by atoms with Gasteiger partial charge < -0.3 is 4.98 Å². The zero-order valence-electron chi connectivity index (χ0n) is 28.1. The molecular weight excluding hydrogens is 861 g/mol. The largest absolute Gasteiger partial charge is 0 e. The molecule has 4 aromatic heterocycles. The van der Waals surface area contributed by atoms with E-state index in [9.17, 15) is 0 Å². The fourth-order valence-electron chi connectivity index (χ4n) is 6.11. The molecule has 48 heavy (non-hydrogen) atoms. The average molecular weight is 900 g/mol. The minimum atomic E-state index is -1.72. The molecule has 0 aliphatic rings. The number of hydrogen-bond donors (Lipinski definition) is 0. The number of benzene rings is 4. The van der Waals surface area contributed by atoms with Crippen LogP contribution in [0.5, 0.6) is 0 Å². The van der Waals surface area contributed by atoms with E-state index in [1.165, 1.54) is 55.9 Å². The molecule has 0 atom stereocenters. The van der Waals surface area contributed by atoms with E-state index in [-0.39, 0.29) is 20.1 Å².